The van der Waals surface area contributed by atoms with Crippen molar-refractivity contribution >= 4 is 11.8 Å². The Bertz CT molecular complexity index is 704. The van der Waals surface area contributed by atoms with E-state index in [1.165, 1.54) is 36.5 Å². The third-order valence-electron chi connectivity index (χ3n) is 4.80. The molecule has 0 aliphatic heterocycles. The minimum atomic E-state index is -0.424. The molecular weight excluding hydrogens is 336 g/mol. The second-order valence-electron chi connectivity index (χ2n) is 7.93. The molecule has 0 aromatic rings. The van der Waals surface area contributed by atoms with Crippen LogP contribution in [0.5, 0.6) is 0 Å². The first-order valence-corrected chi connectivity index (χ1v) is 9.59. The highest BCUT2D eigenvalue weighted by Gasteiger charge is 2.26. The topological polar surface area (TPSA) is 72.2 Å². The lowest BCUT2D eigenvalue weighted by atomic mass is 9.72. The molecule has 0 heterocycles. The SMILES string of the molecule is CC1=C(/C=C/C(C)=C/C=C/C(C)=C/C(=O)NCCC(N)=O)C(C)(C)CCC1. The van der Waals surface area contributed by atoms with E-state index in [9.17, 15) is 9.59 Å². The molecule has 0 saturated carbocycles. The van der Waals surface area contributed by atoms with E-state index in [2.05, 4.69) is 45.2 Å². The van der Waals surface area contributed by atoms with Crippen LogP contribution < -0.4 is 11.1 Å². The summed E-state index contributed by atoms with van der Waals surface area (Å²) in [5.74, 6) is -0.645. The Morgan fingerprint density at radius 3 is 2.52 bits per heavy atom. The number of carbonyl (C=O) groups excluding carboxylic acids is 2. The quantitative estimate of drug-likeness (QED) is 0.487. The Labute approximate surface area is 164 Å². The van der Waals surface area contributed by atoms with Gasteiger partial charge in [-0.3, -0.25) is 9.59 Å². The number of hydrogen-bond donors (Lipinski definition) is 2. The van der Waals surface area contributed by atoms with Crippen molar-refractivity contribution in [3.05, 3.63) is 58.7 Å². The molecule has 3 N–H and O–H groups in total. The van der Waals surface area contributed by atoms with Gasteiger partial charge in [-0.2, -0.15) is 0 Å². The Balaban J connectivity index is 2.63. The van der Waals surface area contributed by atoms with Gasteiger partial charge in [-0.1, -0.05) is 55.4 Å². The monoisotopic (exact) mass is 370 g/mol. The Morgan fingerprint density at radius 2 is 1.89 bits per heavy atom. The van der Waals surface area contributed by atoms with Crippen LogP contribution in [-0.2, 0) is 9.59 Å². The average molecular weight is 371 g/mol. The number of allylic oxidation sites excluding steroid dienone is 9. The maximum absolute atomic E-state index is 11.7. The van der Waals surface area contributed by atoms with Crippen molar-refractivity contribution in [1.29, 1.82) is 0 Å². The summed E-state index contributed by atoms with van der Waals surface area (Å²) in [5, 5.41) is 2.63. The van der Waals surface area contributed by atoms with Crippen LogP contribution in [0, 0.1) is 5.41 Å². The summed E-state index contributed by atoms with van der Waals surface area (Å²) < 4.78 is 0. The molecule has 0 atom stereocenters. The first-order valence-electron chi connectivity index (χ1n) is 9.59. The second-order valence-corrected chi connectivity index (χ2v) is 7.93. The molecule has 1 aliphatic carbocycles. The van der Waals surface area contributed by atoms with E-state index >= 15 is 0 Å². The molecule has 0 bridgehead atoms. The normalized spacial score (nSPS) is 18.4. The van der Waals surface area contributed by atoms with Crippen molar-refractivity contribution in [2.45, 2.75) is 60.3 Å². The highest BCUT2D eigenvalue weighted by Crippen LogP contribution is 2.40. The van der Waals surface area contributed by atoms with E-state index in [0.29, 0.717) is 0 Å². The van der Waals surface area contributed by atoms with Crippen molar-refractivity contribution in [3.63, 3.8) is 0 Å². The summed E-state index contributed by atoms with van der Waals surface area (Å²) >= 11 is 0. The minimum Gasteiger partial charge on any atom is -0.370 e. The summed E-state index contributed by atoms with van der Waals surface area (Å²) in [6, 6.07) is 0. The Hall–Kier alpha value is -2.36. The van der Waals surface area contributed by atoms with Gasteiger partial charge in [-0.15, -0.1) is 0 Å². The molecule has 0 radical (unpaired) electrons. The number of amides is 2. The molecule has 0 aromatic heterocycles. The van der Waals surface area contributed by atoms with Crippen molar-refractivity contribution in [2.75, 3.05) is 6.54 Å². The fraction of sp³-hybridized carbons (Fsp3) is 0.478. The zero-order chi connectivity index (χ0) is 20.4. The van der Waals surface area contributed by atoms with Crippen LogP contribution in [0.2, 0.25) is 0 Å². The van der Waals surface area contributed by atoms with Crippen molar-refractivity contribution in [2.24, 2.45) is 11.1 Å². The molecule has 2 amide bonds. The first kappa shape index (κ1) is 22.7. The minimum absolute atomic E-state index is 0.148. The highest BCUT2D eigenvalue weighted by molar-refractivity contribution is 5.88. The standard InChI is InChI=1S/C23H34N2O2/c1-17(11-12-20-19(3)10-7-14-23(20,4)5)8-6-9-18(2)16-22(27)25-15-13-21(24)26/h6,8-9,11-12,16H,7,10,13-15H2,1-5H3,(H2,24,26)(H,25,27)/b9-6+,12-11+,17-8+,18-16+. The van der Waals surface area contributed by atoms with Crippen LogP contribution in [0.1, 0.15) is 60.3 Å². The molecule has 0 saturated heterocycles. The maximum atomic E-state index is 11.7. The van der Waals surface area contributed by atoms with Gasteiger partial charge < -0.3 is 11.1 Å². The smallest absolute Gasteiger partial charge is 0.244 e. The fourth-order valence-corrected chi connectivity index (χ4v) is 3.25. The van der Waals surface area contributed by atoms with Crippen molar-refractivity contribution in [3.8, 4) is 0 Å². The van der Waals surface area contributed by atoms with Gasteiger partial charge in [0.2, 0.25) is 11.8 Å². The van der Waals surface area contributed by atoms with E-state index in [1.807, 2.05) is 25.2 Å². The second kappa shape index (κ2) is 10.7. The number of rotatable bonds is 8. The number of nitrogens with one attached hydrogen (secondary N) is 1. The molecule has 0 unspecified atom stereocenters. The van der Waals surface area contributed by atoms with Gasteiger partial charge in [0.1, 0.15) is 0 Å². The van der Waals surface area contributed by atoms with Gasteiger partial charge in [0.15, 0.2) is 0 Å². The van der Waals surface area contributed by atoms with Crippen LogP contribution >= 0.6 is 0 Å². The first-order chi connectivity index (χ1) is 12.6. The largest absolute Gasteiger partial charge is 0.370 e. The lowest BCUT2D eigenvalue weighted by Gasteiger charge is -2.32. The van der Waals surface area contributed by atoms with E-state index < -0.39 is 5.91 Å². The molecule has 0 spiro atoms. The van der Waals surface area contributed by atoms with Crippen molar-refractivity contribution in [1.82, 2.24) is 5.32 Å². The number of carbonyl (C=O) groups is 2. The molecule has 4 nitrogen and oxygen atoms in total. The van der Waals surface area contributed by atoms with E-state index in [0.717, 1.165) is 11.1 Å². The zero-order valence-electron chi connectivity index (χ0n) is 17.4. The molecular formula is C23H34N2O2. The summed E-state index contributed by atoms with van der Waals surface area (Å²) in [5.41, 5.74) is 10.2. The van der Waals surface area contributed by atoms with E-state index in [4.69, 9.17) is 5.73 Å². The average Bonchev–Trinajstić information content (AvgIpc) is 2.53. The van der Waals surface area contributed by atoms with Crippen LogP contribution in [0.4, 0.5) is 0 Å². The van der Waals surface area contributed by atoms with E-state index in [1.54, 1.807) is 0 Å². The van der Waals surface area contributed by atoms with Gasteiger partial charge in [-0.25, -0.2) is 0 Å². The Kier molecular flexibility index (Phi) is 8.99. The van der Waals surface area contributed by atoms with Crippen LogP contribution in [0.3, 0.4) is 0 Å². The number of primary amides is 1. The molecule has 148 valence electrons. The predicted octanol–water partition coefficient (Wildman–Crippen LogP) is 4.51. The summed E-state index contributed by atoms with van der Waals surface area (Å²) in [6.07, 6.45) is 15.6. The van der Waals surface area contributed by atoms with Crippen molar-refractivity contribution < 1.29 is 9.59 Å². The van der Waals surface area contributed by atoms with Crippen LogP contribution in [0.15, 0.2) is 58.7 Å². The molecule has 1 aliphatic rings. The van der Waals surface area contributed by atoms with Gasteiger partial charge in [0.05, 0.1) is 0 Å². The van der Waals surface area contributed by atoms with Gasteiger partial charge in [0.25, 0.3) is 0 Å². The maximum Gasteiger partial charge on any atom is 0.244 e. The fourth-order valence-electron chi connectivity index (χ4n) is 3.25. The predicted molar refractivity (Wildman–Crippen MR) is 113 cm³/mol. The van der Waals surface area contributed by atoms with Crippen LogP contribution in [0.25, 0.3) is 0 Å². The lowest BCUT2D eigenvalue weighted by Crippen LogP contribution is -2.26. The third kappa shape index (κ3) is 8.72. The molecule has 0 aromatic carbocycles. The van der Waals surface area contributed by atoms with Gasteiger partial charge >= 0.3 is 0 Å². The number of nitrogens with two attached hydrogens (primary N) is 1. The lowest BCUT2D eigenvalue weighted by molar-refractivity contribution is -0.118. The number of hydrogen-bond acceptors (Lipinski definition) is 2. The molecule has 1 rings (SSSR count). The van der Waals surface area contributed by atoms with E-state index in [-0.39, 0.29) is 24.3 Å². The summed E-state index contributed by atoms with van der Waals surface area (Å²) in [4.78, 5) is 22.3. The highest BCUT2D eigenvalue weighted by atomic mass is 16.2. The van der Waals surface area contributed by atoms with Gasteiger partial charge in [-0.05, 0) is 56.6 Å². The third-order valence-corrected chi connectivity index (χ3v) is 4.80. The Morgan fingerprint density at radius 1 is 1.19 bits per heavy atom. The zero-order valence-corrected chi connectivity index (χ0v) is 17.4. The molecule has 0 fully saturated rings. The molecule has 27 heavy (non-hydrogen) atoms. The molecule has 4 heteroatoms. The van der Waals surface area contributed by atoms with Crippen LogP contribution in [-0.4, -0.2) is 18.4 Å². The summed E-state index contributed by atoms with van der Waals surface area (Å²) in [6.45, 7) is 11.1. The summed E-state index contributed by atoms with van der Waals surface area (Å²) in [7, 11) is 0. The van der Waals surface area contributed by atoms with Gasteiger partial charge in [0, 0.05) is 19.0 Å².